The molecule has 6 nitrogen and oxygen atoms in total. The number of carbonyl (C=O) groups is 1. The van der Waals surface area contributed by atoms with Crippen LogP contribution >= 0.6 is 0 Å². The van der Waals surface area contributed by atoms with E-state index < -0.39 is 26.9 Å². The lowest BCUT2D eigenvalue weighted by Crippen LogP contribution is -2.70. The fraction of sp³-hybridized carbons (Fsp3) is 0.536. The highest BCUT2D eigenvalue weighted by molar-refractivity contribution is 7.84. The molecule has 1 aliphatic rings. The second-order valence-electron chi connectivity index (χ2n) is 11.4. The Morgan fingerprint density at radius 3 is 2.34 bits per heavy atom. The maximum atomic E-state index is 13.3. The van der Waals surface area contributed by atoms with E-state index in [1.165, 1.54) is 0 Å². The van der Waals surface area contributed by atoms with Crippen LogP contribution in [0.2, 0.25) is 0 Å². The number of ether oxygens (including phenoxy) is 1. The zero-order chi connectivity index (χ0) is 25.9. The van der Waals surface area contributed by atoms with Crippen molar-refractivity contribution in [3.8, 4) is 11.1 Å². The van der Waals surface area contributed by atoms with Gasteiger partial charge in [0.1, 0.15) is 5.60 Å². The SMILES string of the molecule is CC(C)(C)OC(=O)N1CCC[C@](CN)(N[S@](=O)C(C)(C)C)[C@@H]1Cc1cccc(-c2ccccc2)c1. The van der Waals surface area contributed by atoms with Gasteiger partial charge in [0.2, 0.25) is 0 Å². The van der Waals surface area contributed by atoms with Crippen molar-refractivity contribution in [1.82, 2.24) is 9.62 Å². The van der Waals surface area contributed by atoms with Crippen molar-refractivity contribution in [2.45, 2.75) is 82.7 Å². The van der Waals surface area contributed by atoms with Gasteiger partial charge in [0.15, 0.2) is 0 Å². The van der Waals surface area contributed by atoms with Crippen molar-refractivity contribution in [1.29, 1.82) is 0 Å². The molecule has 0 bridgehead atoms. The van der Waals surface area contributed by atoms with Gasteiger partial charge < -0.3 is 15.4 Å². The van der Waals surface area contributed by atoms with Crippen LogP contribution < -0.4 is 10.5 Å². The summed E-state index contributed by atoms with van der Waals surface area (Å²) in [5, 5.41) is 0. The van der Waals surface area contributed by atoms with Gasteiger partial charge in [0.05, 0.1) is 27.3 Å². The fourth-order valence-corrected chi connectivity index (χ4v) is 5.50. The number of nitrogens with zero attached hydrogens (tertiary/aromatic N) is 1. The summed E-state index contributed by atoms with van der Waals surface area (Å²) in [5.74, 6) is 0. The lowest BCUT2D eigenvalue weighted by atomic mass is 9.78. The van der Waals surface area contributed by atoms with Crippen molar-refractivity contribution in [2.75, 3.05) is 13.1 Å². The number of benzene rings is 2. The highest BCUT2D eigenvalue weighted by Gasteiger charge is 2.48. The van der Waals surface area contributed by atoms with E-state index in [2.05, 4.69) is 35.1 Å². The Morgan fingerprint density at radius 2 is 1.74 bits per heavy atom. The minimum absolute atomic E-state index is 0.261. The van der Waals surface area contributed by atoms with Crippen LogP contribution in [0.15, 0.2) is 54.6 Å². The first kappa shape index (κ1) is 27.4. The van der Waals surface area contributed by atoms with E-state index in [0.29, 0.717) is 13.0 Å². The van der Waals surface area contributed by atoms with Crippen LogP contribution in [0.4, 0.5) is 4.79 Å². The van der Waals surface area contributed by atoms with Gasteiger partial charge in [-0.3, -0.25) is 0 Å². The van der Waals surface area contributed by atoms with E-state index in [1.807, 2.05) is 65.8 Å². The third kappa shape index (κ3) is 6.93. The summed E-state index contributed by atoms with van der Waals surface area (Å²) in [6.45, 7) is 12.3. The van der Waals surface area contributed by atoms with Gasteiger partial charge in [0, 0.05) is 13.1 Å². The third-order valence-corrected chi connectivity index (χ3v) is 8.05. The molecule has 0 spiro atoms. The van der Waals surface area contributed by atoms with Crippen LogP contribution in [0.25, 0.3) is 11.1 Å². The number of nitrogens with one attached hydrogen (secondary N) is 1. The predicted octanol–water partition coefficient (Wildman–Crippen LogP) is 5.04. The van der Waals surface area contributed by atoms with E-state index in [-0.39, 0.29) is 18.7 Å². The molecule has 2 aromatic carbocycles. The standard InChI is InChI=1S/C28H41N3O3S/c1-26(2,3)34-25(32)31-17-11-16-28(20-29,30-35(33)27(4,5)6)24(31)19-21-12-10-15-23(18-21)22-13-8-7-9-14-22/h7-10,12-15,18,24,30H,11,16-17,19-20,29H2,1-6H3/t24-,28+,35+/m0/s1. The molecule has 1 heterocycles. The predicted molar refractivity (Wildman–Crippen MR) is 144 cm³/mol. The first-order chi connectivity index (χ1) is 16.3. The van der Waals surface area contributed by atoms with Crippen molar-refractivity contribution in [3.63, 3.8) is 0 Å². The second kappa shape index (κ2) is 10.8. The molecule has 0 aromatic heterocycles. The normalized spacial score (nSPS) is 22.0. The molecule has 0 radical (unpaired) electrons. The number of carbonyl (C=O) groups excluding carboxylic acids is 1. The Labute approximate surface area is 213 Å². The summed E-state index contributed by atoms with van der Waals surface area (Å²) in [4.78, 5) is 15.1. The number of nitrogens with two attached hydrogens (primary N) is 1. The molecule has 1 aliphatic heterocycles. The first-order valence-electron chi connectivity index (χ1n) is 12.4. The Balaban J connectivity index is 2.01. The average Bonchev–Trinajstić information content (AvgIpc) is 2.79. The maximum absolute atomic E-state index is 13.3. The van der Waals surface area contributed by atoms with Gasteiger partial charge in [-0.2, -0.15) is 0 Å². The summed E-state index contributed by atoms with van der Waals surface area (Å²) in [6, 6.07) is 18.3. The number of amides is 1. The Kier molecular flexibility index (Phi) is 8.45. The smallest absolute Gasteiger partial charge is 0.410 e. The van der Waals surface area contributed by atoms with Crippen LogP contribution in [-0.4, -0.2) is 50.2 Å². The van der Waals surface area contributed by atoms with Crippen LogP contribution in [0, 0.1) is 0 Å². The van der Waals surface area contributed by atoms with Gasteiger partial charge in [-0.05, 0) is 77.5 Å². The van der Waals surface area contributed by atoms with E-state index in [0.717, 1.165) is 29.5 Å². The number of hydrogen-bond donors (Lipinski definition) is 2. The third-order valence-electron chi connectivity index (χ3n) is 6.34. The summed E-state index contributed by atoms with van der Waals surface area (Å²) in [5.41, 5.74) is 8.45. The number of hydrogen-bond acceptors (Lipinski definition) is 4. The lowest BCUT2D eigenvalue weighted by Gasteiger charge is -2.50. The molecular formula is C28H41N3O3S. The molecule has 0 aliphatic carbocycles. The van der Waals surface area contributed by atoms with Gasteiger partial charge >= 0.3 is 6.09 Å². The summed E-state index contributed by atoms with van der Waals surface area (Å²) < 4.78 is 22.0. The molecule has 3 atom stereocenters. The first-order valence-corrected chi connectivity index (χ1v) is 13.5. The van der Waals surface area contributed by atoms with Crippen molar-refractivity contribution in [3.05, 3.63) is 60.2 Å². The molecule has 2 aromatic rings. The Hall–Kier alpha value is -2.22. The Bertz CT molecular complexity index is 1030. The Morgan fingerprint density at radius 1 is 1.09 bits per heavy atom. The van der Waals surface area contributed by atoms with Gasteiger partial charge in [-0.1, -0.05) is 54.6 Å². The van der Waals surface area contributed by atoms with E-state index in [1.54, 1.807) is 4.90 Å². The largest absolute Gasteiger partial charge is 0.444 e. The topological polar surface area (TPSA) is 84.7 Å². The van der Waals surface area contributed by atoms with Crippen LogP contribution in [0.3, 0.4) is 0 Å². The molecule has 3 N–H and O–H groups in total. The number of piperidine rings is 1. The molecule has 0 unspecified atom stereocenters. The summed E-state index contributed by atoms with van der Waals surface area (Å²) in [6.07, 6.45) is 1.70. The summed E-state index contributed by atoms with van der Waals surface area (Å²) in [7, 11) is -1.34. The molecule has 3 rings (SSSR count). The fourth-order valence-electron chi connectivity index (χ4n) is 4.50. The van der Waals surface area contributed by atoms with Crippen molar-refractivity contribution < 1.29 is 13.7 Å². The van der Waals surface area contributed by atoms with Crippen LogP contribution in [0.1, 0.15) is 59.9 Å². The van der Waals surface area contributed by atoms with Crippen molar-refractivity contribution in [2.24, 2.45) is 5.73 Å². The molecule has 1 saturated heterocycles. The highest BCUT2D eigenvalue weighted by atomic mass is 32.2. The van der Waals surface area contributed by atoms with E-state index in [4.69, 9.17) is 10.5 Å². The zero-order valence-corrected chi connectivity index (χ0v) is 22.8. The molecule has 7 heteroatoms. The van der Waals surface area contributed by atoms with Crippen LogP contribution in [-0.2, 0) is 22.1 Å². The zero-order valence-electron chi connectivity index (χ0n) is 22.0. The van der Waals surface area contributed by atoms with Crippen LogP contribution in [0.5, 0.6) is 0 Å². The monoisotopic (exact) mass is 499 g/mol. The van der Waals surface area contributed by atoms with Gasteiger partial charge in [0.25, 0.3) is 0 Å². The highest BCUT2D eigenvalue weighted by Crippen LogP contribution is 2.33. The average molecular weight is 500 g/mol. The second-order valence-corrected chi connectivity index (χ2v) is 13.4. The molecule has 1 fully saturated rings. The maximum Gasteiger partial charge on any atom is 0.410 e. The molecule has 192 valence electrons. The van der Waals surface area contributed by atoms with E-state index >= 15 is 0 Å². The number of rotatable bonds is 6. The molecule has 1 amide bonds. The summed E-state index contributed by atoms with van der Waals surface area (Å²) >= 11 is 0. The quantitative estimate of drug-likeness (QED) is 0.583. The van der Waals surface area contributed by atoms with Gasteiger partial charge in [-0.15, -0.1) is 0 Å². The minimum Gasteiger partial charge on any atom is -0.444 e. The molecule has 35 heavy (non-hydrogen) atoms. The van der Waals surface area contributed by atoms with Crippen molar-refractivity contribution >= 4 is 17.1 Å². The van der Waals surface area contributed by atoms with Gasteiger partial charge in [-0.25, -0.2) is 13.7 Å². The molecular weight excluding hydrogens is 458 g/mol. The lowest BCUT2D eigenvalue weighted by molar-refractivity contribution is -0.00613. The van der Waals surface area contributed by atoms with E-state index in [9.17, 15) is 9.00 Å². The minimum atomic E-state index is -1.34. The molecule has 0 saturated carbocycles. The number of likely N-dealkylation sites (tertiary alicyclic amines) is 1.